The molecule has 52 heavy (non-hydrogen) atoms. The van der Waals surface area contributed by atoms with Gasteiger partial charge in [0.2, 0.25) is 12.6 Å². The number of aliphatic hydroxyl groups excluding tert-OH is 7. The Kier molecular flexibility index (Phi) is 12.5. The van der Waals surface area contributed by atoms with Crippen LogP contribution < -0.4 is 15.1 Å². The summed E-state index contributed by atoms with van der Waals surface area (Å²) in [5, 5.41) is 72.6. The second-order valence-electron chi connectivity index (χ2n) is 12.1. The SMILES string of the molecule is C=C[C@H]1[C@H](O[C@@H]2O[C@H](CO)[C@@H](O)[C@H](O)[C@H]2O)OC=C(C(=O)OC)[C@H]1CC(=O)OC[C@H]1O[C@@H](Oc2cc3oc(=O)ccc3cc2OC)[C@H](O)[C@@H](O)[C@@H]1O. The summed E-state index contributed by atoms with van der Waals surface area (Å²) < 4.78 is 48.8. The van der Waals surface area contributed by atoms with Crippen LogP contribution in [-0.2, 0) is 38.0 Å². The van der Waals surface area contributed by atoms with Crippen molar-refractivity contribution < 1.29 is 87.6 Å². The number of benzene rings is 1. The molecule has 3 aliphatic rings. The zero-order chi connectivity index (χ0) is 37.9. The molecule has 286 valence electrons. The summed E-state index contributed by atoms with van der Waals surface area (Å²) in [5.41, 5.74) is -0.643. The van der Waals surface area contributed by atoms with Gasteiger partial charge in [0, 0.05) is 29.4 Å². The number of esters is 2. The van der Waals surface area contributed by atoms with Gasteiger partial charge in [0.25, 0.3) is 0 Å². The minimum atomic E-state index is -1.83. The zero-order valence-corrected chi connectivity index (χ0v) is 27.8. The number of carbonyl (C=O) groups is 2. The number of aliphatic hydroxyl groups is 7. The van der Waals surface area contributed by atoms with Crippen molar-refractivity contribution in [3.05, 3.63) is 59.2 Å². The fraction of sp³-hybridized carbons (Fsp3) is 0.545. The lowest BCUT2D eigenvalue weighted by Gasteiger charge is -2.43. The van der Waals surface area contributed by atoms with E-state index in [4.69, 9.17) is 42.3 Å². The first kappa shape index (κ1) is 39.1. The monoisotopic (exact) mass is 740 g/mol. The summed E-state index contributed by atoms with van der Waals surface area (Å²) in [7, 11) is 2.44. The predicted octanol–water partition coefficient (Wildman–Crippen LogP) is -2.43. The summed E-state index contributed by atoms with van der Waals surface area (Å²) in [4.78, 5) is 37.6. The molecule has 0 radical (unpaired) electrons. The molecule has 7 N–H and O–H groups in total. The molecule has 0 aliphatic carbocycles. The zero-order valence-electron chi connectivity index (χ0n) is 27.8. The molecule has 2 fully saturated rings. The van der Waals surface area contributed by atoms with Gasteiger partial charge in [-0.05, 0) is 12.1 Å². The first-order valence-corrected chi connectivity index (χ1v) is 16.0. The topological polar surface area (TPSA) is 280 Å². The number of carbonyl (C=O) groups excluding carboxylic acids is 2. The number of hydrogen-bond donors (Lipinski definition) is 7. The maximum atomic E-state index is 13.2. The van der Waals surface area contributed by atoms with Gasteiger partial charge in [0.15, 0.2) is 17.8 Å². The molecule has 3 aliphatic heterocycles. The molecule has 0 bridgehead atoms. The number of methoxy groups -OCH3 is 2. The van der Waals surface area contributed by atoms with Crippen LogP contribution in [0.1, 0.15) is 6.42 Å². The third-order valence-corrected chi connectivity index (χ3v) is 8.93. The summed E-state index contributed by atoms with van der Waals surface area (Å²) in [6, 6.07) is 5.51. The highest BCUT2D eigenvalue weighted by molar-refractivity contribution is 5.90. The molecule has 19 heteroatoms. The van der Waals surface area contributed by atoms with Crippen LogP contribution in [0.2, 0.25) is 0 Å². The highest BCUT2D eigenvalue weighted by atomic mass is 16.8. The van der Waals surface area contributed by atoms with Crippen molar-refractivity contribution >= 4 is 22.9 Å². The average Bonchev–Trinajstić information content (AvgIpc) is 3.14. The second kappa shape index (κ2) is 16.7. The molecule has 5 rings (SSSR count). The highest BCUT2D eigenvalue weighted by Crippen LogP contribution is 2.38. The standard InChI is InChI=1S/C33H40O19/c1-4-14-15(16(30(43)45-3)11-47-31(14)52-33-29(42)26(39)24(37)20(10-34)50-33)8-23(36)46-12-21-25(38)27(40)28(41)32(51-21)49-19-9-17-13(7-18(19)44-2)5-6-22(35)48-17/h4-7,9,11,14-15,20-21,24-29,31-34,37-42H,1,8,10,12H2,2-3H3/t14-,15+,20-,21-,24-,25-,26+,27+,28-,29-,31+,32-,33+/m1/s1. The van der Waals surface area contributed by atoms with E-state index < -0.39 is 117 Å². The fourth-order valence-corrected chi connectivity index (χ4v) is 6.01. The summed E-state index contributed by atoms with van der Waals surface area (Å²) in [6.45, 7) is 2.34. The minimum absolute atomic E-state index is 0.0506. The van der Waals surface area contributed by atoms with Gasteiger partial charge in [-0.2, -0.15) is 0 Å². The molecule has 1 aromatic carbocycles. The van der Waals surface area contributed by atoms with Gasteiger partial charge in [-0.3, -0.25) is 4.79 Å². The minimum Gasteiger partial charge on any atom is -0.493 e. The van der Waals surface area contributed by atoms with Crippen LogP contribution in [0.4, 0.5) is 0 Å². The van der Waals surface area contributed by atoms with E-state index in [2.05, 4.69) is 6.58 Å². The van der Waals surface area contributed by atoms with Crippen molar-refractivity contribution in [2.75, 3.05) is 27.4 Å². The first-order valence-electron chi connectivity index (χ1n) is 16.0. The molecular formula is C33H40O19. The van der Waals surface area contributed by atoms with E-state index >= 15 is 0 Å². The van der Waals surface area contributed by atoms with Crippen LogP contribution in [0, 0.1) is 11.8 Å². The average molecular weight is 741 g/mol. The quantitative estimate of drug-likeness (QED) is 0.0677. The summed E-state index contributed by atoms with van der Waals surface area (Å²) in [5.74, 6) is -3.82. The lowest BCUT2D eigenvalue weighted by atomic mass is 9.81. The molecule has 13 atom stereocenters. The molecule has 0 amide bonds. The van der Waals surface area contributed by atoms with E-state index in [1.807, 2.05) is 0 Å². The Morgan fingerprint density at radius 1 is 0.865 bits per heavy atom. The van der Waals surface area contributed by atoms with Gasteiger partial charge in [-0.15, -0.1) is 6.58 Å². The Bertz CT molecular complexity index is 1670. The van der Waals surface area contributed by atoms with Crippen LogP contribution in [0.15, 0.2) is 58.0 Å². The molecule has 2 aromatic rings. The maximum absolute atomic E-state index is 13.2. The van der Waals surface area contributed by atoms with Gasteiger partial charge >= 0.3 is 17.6 Å². The van der Waals surface area contributed by atoms with Crippen molar-refractivity contribution in [1.82, 2.24) is 0 Å². The number of rotatable bonds is 12. The normalized spacial score (nSPS) is 34.8. The van der Waals surface area contributed by atoms with Crippen LogP contribution >= 0.6 is 0 Å². The molecule has 0 spiro atoms. The van der Waals surface area contributed by atoms with E-state index in [1.165, 1.54) is 37.5 Å². The highest BCUT2D eigenvalue weighted by Gasteiger charge is 2.49. The van der Waals surface area contributed by atoms with E-state index in [0.717, 1.165) is 13.4 Å². The summed E-state index contributed by atoms with van der Waals surface area (Å²) in [6.07, 6.45) is -16.2. The molecule has 2 saturated heterocycles. The molecule has 1 aromatic heterocycles. The van der Waals surface area contributed by atoms with Gasteiger partial charge in [-0.25, -0.2) is 9.59 Å². The molecule has 19 nitrogen and oxygen atoms in total. The fourth-order valence-electron chi connectivity index (χ4n) is 6.01. The lowest BCUT2D eigenvalue weighted by Crippen LogP contribution is -2.60. The Morgan fingerprint density at radius 2 is 1.54 bits per heavy atom. The van der Waals surface area contributed by atoms with E-state index in [0.29, 0.717) is 5.39 Å². The molecule has 0 saturated carbocycles. The van der Waals surface area contributed by atoms with Crippen LogP contribution in [-0.4, -0.2) is 143 Å². The smallest absolute Gasteiger partial charge is 0.337 e. The Morgan fingerprint density at radius 3 is 2.19 bits per heavy atom. The van der Waals surface area contributed by atoms with Crippen molar-refractivity contribution in [2.45, 2.75) is 74.1 Å². The largest absolute Gasteiger partial charge is 0.493 e. The van der Waals surface area contributed by atoms with E-state index in [9.17, 15) is 50.1 Å². The number of ether oxygens (including phenoxy) is 8. The van der Waals surface area contributed by atoms with Crippen molar-refractivity contribution in [1.29, 1.82) is 0 Å². The van der Waals surface area contributed by atoms with Gasteiger partial charge in [0.1, 0.15) is 61.0 Å². The molecule has 4 heterocycles. The predicted molar refractivity (Wildman–Crippen MR) is 169 cm³/mol. The van der Waals surface area contributed by atoms with E-state index in [1.54, 1.807) is 0 Å². The first-order chi connectivity index (χ1) is 24.8. The van der Waals surface area contributed by atoms with Gasteiger partial charge in [-0.1, -0.05) is 6.08 Å². The van der Waals surface area contributed by atoms with Crippen molar-refractivity contribution in [2.24, 2.45) is 11.8 Å². The summed E-state index contributed by atoms with van der Waals surface area (Å²) >= 11 is 0. The Labute approximate surface area is 294 Å². The van der Waals surface area contributed by atoms with Gasteiger partial charge < -0.3 is 78.1 Å². The Balaban J connectivity index is 1.28. The van der Waals surface area contributed by atoms with Crippen molar-refractivity contribution in [3.63, 3.8) is 0 Å². The van der Waals surface area contributed by atoms with Crippen LogP contribution in [0.25, 0.3) is 11.0 Å². The van der Waals surface area contributed by atoms with Crippen LogP contribution in [0.3, 0.4) is 0 Å². The third-order valence-electron chi connectivity index (χ3n) is 8.93. The lowest BCUT2D eigenvalue weighted by molar-refractivity contribution is -0.339. The van der Waals surface area contributed by atoms with Crippen LogP contribution in [0.5, 0.6) is 11.5 Å². The molecular weight excluding hydrogens is 700 g/mol. The maximum Gasteiger partial charge on any atom is 0.337 e. The molecule has 0 unspecified atom stereocenters. The van der Waals surface area contributed by atoms with Crippen molar-refractivity contribution in [3.8, 4) is 11.5 Å². The van der Waals surface area contributed by atoms with E-state index in [-0.39, 0.29) is 22.7 Å². The number of fused-ring (bicyclic) bond motifs is 1. The second-order valence-corrected chi connectivity index (χ2v) is 12.1. The third kappa shape index (κ3) is 8.08. The Hall–Kier alpha value is -4.15. The number of hydrogen-bond acceptors (Lipinski definition) is 19. The van der Waals surface area contributed by atoms with Gasteiger partial charge in [0.05, 0.1) is 39.1 Å².